The van der Waals surface area contributed by atoms with E-state index in [-0.39, 0.29) is 24.9 Å². The molecule has 1 N–H and O–H groups in total. The Balaban J connectivity index is 1.58. The first-order valence-corrected chi connectivity index (χ1v) is 9.71. The largest absolute Gasteiger partial charge is 0.493 e. The predicted octanol–water partition coefficient (Wildman–Crippen LogP) is 4.97. The van der Waals surface area contributed by atoms with Crippen LogP contribution in [-0.2, 0) is 11.4 Å². The number of benzene rings is 3. The Kier molecular flexibility index (Phi) is 7.82. The first-order valence-electron chi connectivity index (χ1n) is 9.71. The zero-order valence-corrected chi connectivity index (χ0v) is 17.4. The molecule has 162 valence electrons. The molecule has 6 nitrogen and oxygen atoms in total. The SMILES string of the molecule is COc1cc(/C=C/C(=O)Nc2cccc(OCc3ccc(F)cc3)c2)ccc1OCC#N. The average molecular weight is 432 g/mol. The van der Waals surface area contributed by atoms with Crippen molar-refractivity contribution in [1.82, 2.24) is 0 Å². The van der Waals surface area contributed by atoms with Crippen LogP contribution in [0.2, 0.25) is 0 Å². The van der Waals surface area contributed by atoms with Gasteiger partial charge < -0.3 is 19.5 Å². The second kappa shape index (κ2) is 11.2. The van der Waals surface area contributed by atoms with E-state index in [2.05, 4.69) is 5.32 Å². The van der Waals surface area contributed by atoms with E-state index in [1.54, 1.807) is 60.7 Å². The first-order chi connectivity index (χ1) is 15.6. The van der Waals surface area contributed by atoms with E-state index in [4.69, 9.17) is 19.5 Å². The molecule has 1 amide bonds. The molecule has 7 heteroatoms. The van der Waals surface area contributed by atoms with Gasteiger partial charge in [-0.15, -0.1) is 0 Å². The number of hydrogen-bond acceptors (Lipinski definition) is 5. The van der Waals surface area contributed by atoms with Gasteiger partial charge in [0.05, 0.1) is 7.11 Å². The van der Waals surface area contributed by atoms with E-state index < -0.39 is 0 Å². The summed E-state index contributed by atoms with van der Waals surface area (Å²) in [6.07, 6.45) is 3.04. The summed E-state index contributed by atoms with van der Waals surface area (Å²) in [7, 11) is 1.50. The minimum absolute atomic E-state index is 0.0827. The Morgan fingerprint density at radius 1 is 1.06 bits per heavy atom. The Hall–Kier alpha value is -4.31. The van der Waals surface area contributed by atoms with E-state index >= 15 is 0 Å². The van der Waals surface area contributed by atoms with Gasteiger partial charge >= 0.3 is 0 Å². The van der Waals surface area contributed by atoms with Crippen LogP contribution in [0.4, 0.5) is 10.1 Å². The van der Waals surface area contributed by atoms with Crippen LogP contribution in [0, 0.1) is 17.1 Å². The third-order valence-electron chi connectivity index (χ3n) is 4.33. The predicted molar refractivity (Wildman–Crippen MR) is 119 cm³/mol. The van der Waals surface area contributed by atoms with Gasteiger partial charge in [-0.2, -0.15) is 5.26 Å². The van der Waals surface area contributed by atoms with Crippen LogP contribution in [0.25, 0.3) is 6.08 Å². The van der Waals surface area contributed by atoms with E-state index in [0.29, 0.717) is 22.9 Å². The molecule has 3 aromatic carbocycles. The van der Waals surface area contributed by atoms with Crippen molar-refractivity contribution in [2.75, 3.05) is 19.0 Å². The minimum atomic E-state index is -0.315. The smallest absolute Gasteiger partial charge is 0.248 e. The highest BCUT2D eigenvalue weighted by atomic mass is 19.1. The summed E-state index contributed by atoms with van der Waals surface area (Å²) >= 11 is 0. The number of amides is 1. The van der Waals surface area contributed by atoms with Gasteiger partial charge in [-0.25, -0.2) is 4.39 Å². The summed E-state index contributed by atoms with van der Waals surface area (Å²) in [5, 5.41) is 11.4. The number of rotatable bonds is 9. The molecular weight excluding hydrogens is 411 g/mol. The molecule has 0 aliphatic heterocycles. The van der Waals surface area contributed by atoms with Crippen molar-refractivity contribution < 1.29 is 23.4 Å². The quantitative estimate of drug-likeness (QED) is 0.483. The third kappa shape index (κ3) is 6.61. The Morgan fingerprint density at radius 2 is 1.88 bits per heavy atom. The van der Waals surface area contributed by atoms with Crippen LogP contribution in [0.3, 0.4) is 0 Å². The summed E-state index contributed by atoms with van der Waals surface area (Å²) in [4.78, 5) is 12.3. The van der Waals surface area contributed by atoms with Crippen molar-refractivity contribution in [3.63, 3.8) is 0 Å². The van der Waals surface area contributed by atoms with Crippen molar-refractivity contribution in [3.8, 4) is 23.3 Å². The lowest BCUT2D eigenvalue weighted by Gasteiger charge is -2.09. The van der Waals surface area contributed by atoms with Crippen LogP contribution >= 0.6 is 0 Å². The van der Waals surface area contributed by atoms with Gasteiger partial charge in [0, 0.05) is 17.8 Å². The molecule has 0 saturated carbocycles. The zero-order valence-electron chi connectivity index (χ0n) is 17.4. The maximum absolute atomic E-state index is 13.0. The second-order valence-corrected chi connectivity index (χ2v) is 6.62. The molecule has 0 atom stereocenters. The van der Waals surface area contributed by atoms with E-state index in [0.717, 1.165) is 11.1 Å². The van der Waals surface area contributed by atoms with E-state index in [9.17, 15) is 9.18 Å². The summed E-state index contributed by atoms with van der Waals surface area (Å²) in [6.45, 7) is 0.203. The summed E-state index contributed by atoms with van der Waals surface area (Å²) in [5.41, 5.74) is 2.15. The maximum Gasteiger partial charge on any atom is 0.248 e. The van der Waals surface area contributed by atoms with Crippen LogP contribution in [0.5, 0.6) is 17.2 Å². The second-order valence-electron chi connectivity index (χ2n) is 6.62. The molecule has 0 aliphatic carbocycles. The van der Waals surface area contributed by atoms with Gasteiger partial charge in [0.25, 0.3) is 0 Å². The van der Waals surface area contributed by atoms with Gasteiger partial charge in [-0.05, 0) is 53.6 Å². The highest BCUT2D eigenvalue weighted by Gasteiger charge is 2.05. The molecule has 0 radical (unpaired) electrons. The Labute approximate surface area is 185 Å². The topological polar surface area (TPSA) is 80.6 Å². The third-order valence-corrected chi connectivity index (χ3v) is 4.33. The lowest BCUT2D eigenvalue weighted by molar-refractivity contribution is -0.111. The Bertz CT molecular complexity index is 1140. The fraction of sp³-hybridized carbons (Fsp3) is 0.120. The van der Waals surface area contributed by atoms with Crippen molar-refractivity contribution in [1.29, 1.82) is 5.26 Å². The number of ether oxygens (including phenoxy) is 3. The van der Waals surface area contributed by atoms with Gasteiger partial charge in [0.2, 0.25) is 5.91 Å². The minimum Gasteiger partial charge on any atom is -0.493 e. The number of carbonyl (C=O) groups is 1. The molecule has 32 heavy (non-hydrogen) atoms. The van der Waals surface area contributed by atoms with Gasteiger partial charge in [-0.1, -0.05) is 24.3 Å². The monoisotopic (exact) mass is 432 g/mol. The molecule has 0 heterocycles. The number of methoxy groups -OCH3 is 1. The fourth-order valence-corrected chi connectivity index (χ4v) is 2.78. The lowest BCUT2D eigenvalue weighted by atomic mass is 10.2. The van der Waals surface area contributed by atoms with Gasteiger partial charge in [-0.3, -0.25) is 4.79 Å². The lowest BCUT2D eigenvalue weighted by Crippen LogP contribution is -2.07. The first kappa shape index (κ1) is 22.4. The molecule has 0 bridgehead atoms. The fourth-order valence-electron chi connectivity index (χ4n) is 2.78. The highest BCUT2D eigenvalue weighted by Crippen LogP contribution is 2.28. The van der Waals surface area contributed by atoms with Crippen LogP contribution in [-0.4, -0.2) is 19.6 Å². The molecule has 3 aromatic rings. The highest BCUT2D eigenvalue weighted by molar-refractivity contribution is 6.02. The molecule has 0 saturated heterocycles. The van der Waals surface area contributed by atoms with Crippen molar-refractivity contribution in [2.24, 2.45) is 0 Å². The number of nitriles is 1. The molecule has 0 spiro atoms. The van der Waals surface area contributed by atoms with Crippen molar-refractivity contribution in [3.05, 3.63) is 89.8 Å². The maximum atomic E-state index is 13.0. The number of halogens is 1. The van der Waals surface area contributed by atoms with Crippen LogP contribution in [0.15, 0.2) is 72.8 Å². The summed E-state index contributed by atoms with van der Waals surface area (Å²) in [6, 6.07) is 20.1. The number of nitrogens with one attached hydrogen (secondary N) is 1. The van der Waals surface area contributed by atoms with Gasteiger partial charge in [0.15, 0.2) is 18.1 Å². The van der Waals surface area contributed by atoms with E-state index in [1.807, 2.05) is 6.07 Å². The zero-order chi connectivity index (χ0) is 22.8. The van der Waals surface area contributed by atoms with E-state index in [1.165, 1.54) is 25.3 Å². The number of nitrogens with zero attached hydrogens (tertiary/aromatic N) is 1. The van der Waals surface area contributed by atoms with Crippen LogP contribution in [0.1, 0.15) is 11.1 Å². The molecule has 0 aliphatic rings. The summed E-state index contributed by atoms with van der Waals surface area (Å²) < 4.78 is 29.2. The summed E-state index contributed by atoms with van der Waals surface area (Å²) in [5.74, 6) is 0.883. The Morgan fingerprint density at radius 3 is 2.62 bits per heavy atom. The van der Waals surface area contributed by atoms with Crippen molar-refractivity contribution in [2.45, 2.75) is 6.61 Å². The molecular formula is C25H21FN2O4. The van der Waals surface area contributed by atoms with Gasteiger partial charge in [0.1, 0.15) is 24.2 Å². The molecule has 0 fully saturated rings. The molecule has 3 rings (SSSR count). The number of anilines is 1. The average Bonchev–Trinajstić information content (AvgIpc) is 2.81. The number of carbonyl (C=O) groups excluding carboxylic acids is 1. The standard InChI is InChI=1S/C25H21FN2O4/c1-30-24-15-18(7-11-23(24)31-14-13-27)8-12-25(29)28-21-3-2-4-22(16-21)32-17-19-5-9-20(26)10-6-19/h2-12,15-16H,14,17H2,1H3,(H,28,29)/b12-8+. The molecule has 0 aromatic heterocycles. The van der Waals surface area contributed by atoms with Crippen molar-refractivity contribution >= 4 is 17.7 Å². The normalized spacial score (nSPS) is 10.4. The molecule has 0 unspecified atom stereocenters. The number of hydrogen-bond donors (Lipinski definition) is 1. The van der Waals surface area contributed by atoms with Crippen LogP contribution < -0.4 is 19.5 Å².